The highest BCUT2D eigenvalue weighted by Gasteiger charge is 2.22. The van der Waals surface area contributed by atoms with E-state index in [0.717, 1.165) is 0 Å². The van der Waals surface area contributed by atoms with Crippen LogP contribution in [0, 0.1) is 0 Å². The van der Waals surface area contributed by atoms with E-state index >= 15 is 0 Å². The van der Waals surface area contributed by atoms with Crippen molar-refractivity contribution in [3.05, 3.63) is 24.3 Å². The molecule has 1 atom stereocenters. The van der Waals surface area contributed by atoms with Crippen LogP contribution in [0.5, 0.6) is 0 Å². The maximum absolute atomic E-state index is 11.7. The van der Waals surface area contributed by atoms with E-state index in [1.54, 1.807) is 0 Å². The van der Waals surface area contributed by atoms with Gasteiger partial charge in [0.2, 0.25) is 0 Å². The summed E-state index contributed by atoms with van der Waals surface area (Å²) < 4.78 is 4.41. The average molecular weight is 267 g/mol. The molecule has 0 aliphatic rings. The van der Waals surface area contributed by atoms with Crippen LogP contribution in [-0.2, 0) is 14.3 Å². The Morgan fingerprint density at radius 3 is 2.53 bits per heavy atom. The molecule has 0 saturated heterocycles. The largest absolute Gasteiger partial charge is 0.480 e. The number of carbonyl (C=O) groups excluding carboxylic acids is 2. The van der Waals surface area contributed by atoms with E-state index in [1.165, 1.54) is 25.8 Å². The molecule has 1 heterocycles. The number of hydrogen-bond acceptors (Lipinski definition) is 6. The maximum atomic E-state index is 11.7. The lowest BCUT2D eigenvalue weighted by atomic mass is 10.1. The van der Waals surface area contributed by atoms with E-state index in [9.17, 15) is 14.4 Å². The zero-order chi connectivity index (χ0) is 14.3. The number of carboxylic acid groups (broad SMARTS) is 1. The fourth-order valence-electron chi connectivity index (χ4n) is 1.28. The Morgan fingerprint density at radius 2 is 2.00 bits per heavy atom. The van der Waals surface area contributed by atoms with Crippen molar-refractivity contribution < 1.29 is 24.2 Å². The normalized spacial score (nSPS) is 11.4. The van der Waals surface area contributed by atoms with Gasteiger partial charge >= 0.3 is 11.9 Å². The number of rotatable bonds is 6. The van der Waals surface area contributed by atoms with Gasteiger partial charge < -0.3 is 15.2 Å². The number of carboxylic acids is 1. The molecule has 0 radical (unpaired) electrons. The number of nitrogens with one attached hydrogen (secondary N) is 1. The number of aliphatic carboxylic acids is 1. The van der Waals surface area contributed by atoms with Crippen molar-refractivity contribution in [2.75, 3.05) is 7.11 Å². The minimum atomic E-state index is -1.23. The lowest BCUT2D eigenvalue weighted by Crippen LogP contribution is -2.41. The molecule has 0 fully saturated rings. The fourth-order valence-corrected chi connectivity index (χ4v) is 1.28. The van der Waals surface area contributed by atoms with Crippen LogP contribution in [0.15, 0.2) is 18.7 Å². The lowest BCUT2D eigenvalue weighted by molar-refractivity contribution is -0.142. The number of methoxy groups -OCH3 is 1. The Kier molecular flexibility index (Phi) is 5.39. The highest BCUT2D eigenvalue weighted by molar-refractivity contribution is 5.96. The van der Waals surface area contributed by atoms with Gasteiger partial charge in [0.25, 0.3) is 5.91 Å². The van der Waals surface area contributed by atoms with Crippen molar-refractivity contribution in [1.29, 1.82) is 0 Å². The molecule has 0 spiro atoms. The van der Waals surface area contributed by atoms with Crippen LogP contribution >= 0.6 is 0 Å². The van der Waals surface area contributed by atoms with Crippen LogP contribution in [0.3, 0.4) is 0 Å². The topological polar surface area (TPSA) is 118 Å². The Hall–Kier alpha value is -2.51. The summed E-state index contributed by atoms with van der Waals surface area (Å²) in [7, 11) is 1.21. The molecule has 8 nitrogen and oxygen atoms in total. The molecule has 0 aliphatic heterocycles. The van der Waals surface area contributed by atoms with Crippen LogP contribution in [0.1, 0.15) is 23.2 Å². The Bertz CT molecular complexity index is 463. The lowest BCUT2D eigenvalue weighted by Gasteiger charge is -2.13. The standard InChI is InChI=1S/C11H13N3O5/c1-19-9(15)3-2-8(11(17)18)14-10(16)7-4-12-6-13-5-7/h4-6,8H,2-3H2,1H3,(H,14,16)(H,17,18)/t8-/m0/s1. The first-order valence-corrected chi connectivity index (χ1v) is 5.40. The third-order valence-electron chi connectivity index (χ3n) is 2.29. The number of esters is 1. The van der Waals surface area contributed by atoms with Gasteiger partial charge in [-0.3, -0.25) is 9.59 Å². The van der Waals surface area contributed by atoms with Crippen LogP contribution in [0.2, 0.25) is 0 Å². The van der Waals surface area contributed by atoms with Crippen molar-refractivity contribution in [2.24, 2.45) is 0 Å². The highest BCUT2D eigenvalue weighted by atomic mass is 16.5. The second-order valence-corrected chi connectivity index (χ2v) is 3.61. The number of hydrogen-bond donors (Lipinski definition) is 2. The minimum absolute atomic E-state index is 0.0541. The van der Waals surface area contributed by atoms with E-state index in [-0.39, 0.29) is 18.4 Å². The van der Waals surface area contributed by atoms with Crippen molar-refractivity contribution in [2.45, 2.75) is 18.9 Å². The molecule has 0 bridgehead atoms. The second-order valence-electron chi connectivity index (χ2n) is 3.61. The summed E-state index contributed by atoms with van der Waals surface area (Å²) in [5.41, 5.74) is 0.145. The number of carbonyl (C=O) groups is 3. The zero-order valence-corrected chi connectivity index (χ0v) is 10.2. The SMILES string of the molecule is COC(=O)CC[C@H](NC(=O)c1cncnc1)C(=O)O. The second kappa shape index (κ2) is 7.04. The van der Waals surface area contributed by atoms with Crippen LogP contribution in [0.4, 0.5) is 0 Å². The molecule has 1 aromatic rings. The summed E-state index contributed by atoms with van der Waals surface area (Å²) in [6.07, 6.45) is 3.63. The van der Waals surface area contributed by atoms with Crippen molar-refractivity contribution >= 4 is 17.8 Å². The van der Waals surface area contributed by atoms with E-state index in [1.807, 2.05) is 0 Å². The summed E-state index contributed by atoms with van der Waals surface area (Å²) in [4.78, 5) is 40.9. The van der Waals surface area contributed by atoms with Gasteiger partial charge in [0.15, 0.2) is 0 Å². The third kappa shape index (κ3) is 4.70. The molecule has 8 heteroatoms. The van der Waals surface area contributed by atoms with Gasteiger partial charge in [-0.15, -0.1) is 0 Å². The smallest absolute Gasteiger partial charge is 0.326 e. The van der Waals surface area contributed by atoms with Gasteiger partial charge in [-0.2, -0.15) is 0 Å². The van der Waals surface area contributed by atoms with E-state index < -0.39 is 23.9 Å². The number of aromatic nitrogens is 2. The van der Waals surface area contributed by atoms with Crippen LogP contribution in [0.25, 0.3) is 0 Å². The highest BCUT2D eigenvalue weighted by Crippen LogP contribution is 2.02. The molecule has 19 heavy (non-hydrogen) atoms. The molecule has 102 valence electrons. The molecule has 0 aromatic carbocycles. The maximum Gasteiger partial charge on any atom is 0.326 e. The molecule has 1 aromatic heterocycles. The molecule has 0 unspecified atom stereocenters. The minimum Gasteiger partial charge on any atom is -0.480 e. The van der Waals surface area contributed by atoms with Gasteiger partial charge in [0.05, 0.1) is 12.7 Å². The molecular formula is C11H13N3O5. The first-order valence-electron chi connectivity index (χ1n) is 5.40. The molecule has 0 saturated carbocycles. The predicted molar refractivity (Wildman–Crippen MR) is 62.2 cm³/mol. The van der Waals surface area contributed by atoms with Gasteiger partial charge in [-0.25, -0.2) is 14.8 Å². The number of amides is 1. The van der Waals surface area contributed by atoms with Crippen molar-refractivity contribution in [3.63, 3.8) is 0 Å². The molecular weight excluding hydrogens is 254 g/mol. The first kappa shape index (κ1) is 14.6. The monoisotopic (exact) mass is 267 g/mol. The number of ether oxygens (including phenoxy) is 1. The molecule has 1 rings (SSSR count). The van der Waals surface area contributed by atoms with E-state index in [0.29, 0.717) is 0 Å². The molecule has 2 N–H and O–H groups in total. The summed E-state index contributed by atoms with van der Waals surface area (Å²) in [5.74, 6) is -2.38. The van der Waals surface area contributed by atoms with E-state index in [2.05, 4.69) is 20.0 Å². The third-order valence-corrected chi connectivity index (χ3v) is 2.29. The van der Waals surface area contributed by atoms with Crippen LogP contribution in [-0.4, -0.2) is 46.1 Å². The Morgan fingerprint density at radius 1 is 1.37 bits per heavy atom. The zero-order valence-electron chi connectivity index (χ0n) is 10.2. The first-order chi connectivity index (χ1) is 9.04. The van der Waals surface area contributed by atoms with E-state index in [4.69, 9.17) is 5.11 Å². The Balaban J connectivity index is 2.61. The van der Waals surface area contributed by atoms with Gasteiger partial charge in [0.1, 0.15) is 12.4 Å². The van der Waals surface area contributed by atoms with Crippen LogP contribution < -0.4 is 5.32 Å². The van der Waals surface area contributed by atoms with Gasteiger partial charge in [0, 0.05) is 18.8 Å². The van der Waals surface area contributed by atoms with Crippen molar-refractivity contribution in [1.82, 2.24) is 15.3 Å². The summed E-state index contributed by atoms with van der Waals surface area (Å²) in [5, 5.41) is 11.2. The predicted octanol–water partition coefficient (Wildman–Crippen LogP) is -0.387. The summed E-state index contributed by atoms with van der Waals surface area (Å²) >= 11 is 0. The summed E-state index contributed by atoms with van der Waals surface area (Å²) in [6, 6.07) is -1.17. The van der Waals surface area contributed by atoms with Gasteiger partial charge in [-0.05, 0) is 6.42 Å². The fraction of sp³-hybridized carbons (Fsp3) is 0.364. The quantitative estimate of drug-likeness (QED) is 0.674. The van der Waals surface area contributed by atoms with Crippen molar-refractivity contribution in [3.8, 4) is 0 Å². The number of nitrogens with zero attached hydrogens (tertiary/aromatic N) is 2. The average Bonchev–Trinajstić information content (AvgIpc) is 2.43. The molecule has 0 aliphatic carbocycles. The Labute approximate surface area is 108 Å². The summed E-state index contributed by atoms with van der Waals surface area (Å²) in [6.45, 7) is 0. The molecule has 1 amide bonds. The van der Waals surface area contributed by atoms with Gasteiger partial charge in [-0.1, -0.05) is 0 Å².